The maximum Gasteiger partial charge on any atom is 0.305 e. The summed E-state index contributed by atoms with van der Waals surface area (Å²) in [6, 6.07) is 15.5. The summed E-state index contributed by atoms with van der Waals surface area (Å²) < 4.78 is 6.43. The number of nitrogens with zero attached hydrogens (tertiary/aromatic N) is 2. The molecule has 4 rings (SSSR count). The summed E-state index contributed by atoms with van der Waals surface area (Å²) in [6.45, 7) is 0.672. The molecule has 0 atom stereocenters. The zero-order chi connectivity index (χ0) is 20.2. The monoisotopic (exact) mass is 391 g/mol. The van der Waals surface area contributed by atoms with Crippen LogP contribution in [0, 0.1) is 0 Å². The summed E-state index contributed by atoms with van der Waals surface area (Å²) in [5.74, 6) is 1.00. The molecule has 6 heteroatoms. The van der Waals surface area contributed by atoms with Crippen molar-refractivity contribution in [3.8, 4) is 5.69 Å². The van der Waals surface area contributed by atoms with Crippen LogP contribution in [0.4, 0.5) is 5.69 Å². The zero-order valence-electron chi connectivity index (χ0n) is 16.6. The Balaban J connectivity index is 1.66. The molecule has 150 valence electrons. The largest absolute Gasteiger partial charge is 0.469 e. The van der Waals surface area contributed by atoms with Gasteiger partial charge in [-0.1, -0.05) is 24.3 Å². The van der Waals surface area contributed by atoms with E-state index in [0.29, 0.717) is 24.3 Å². The quantitative estimate of drug-likeness (QED) is 0.464. The van der Waals surface area contributed by atoms with E-state index in [4.69, 9.17) is 4.98 Å². The number of anilines is 1. The summed E-state index contributed by atoms with van der Waals surface area (Å²) in [5, 5.41) is 3.96. The van der Waals surface area contributed by atoms with Gasteiger partial charge in [-0.2, -0.15) is 0 Å². The van der Waals surface area contributed by atoms with Crippen LogP contribution in [-0.4, -0.2) is 29.2 Å². The molecule has 29 heavy (non-hydrogen) atoms. The van der Waals surface area contributed by atoms with Crippen molar-refractivity contribution in [2.24, 2.45) is 0 Å². The summed E-state index contributed by atoms with van der Waals surface area (Å²) in [7, 11) is 1.40. The Morgan fingerprint density at radius 1 is 1.14 bits per heavy atom. The number of hydrogen-bond donors (Lipinski definition) is 1. The van der Waals surface area contributed by atoms with E-state index in [1.165, 1.54) is 7.11 Å². The number of benzene rings is 2. The van der Waals surface area contributed by atoms with Crippen LogP contribution in [0.2, 0.25) is 0 Å². The number of nitrogens with one attached hydrogen (secondary N) is 1. The van der Waals surface area contributed by atoms with Crippen molar-refractivity contribution >= 4 is 22.6 Å². The van der Waals surface area contributed by atoms with Crippen LogP contribution in [0.25, 0.3) is 16.6 Å². The van der Waals surface area contributed by atoms with Gasteiger partial charge in [-0.3, -0.25) is 14.2 Å². The minimum Gasteiger partial charge on any atom is -0.469 e. The lowest BCUT2D eigenvalue weighted by molar-refractivity contribution is -0.140. The molecule has 3 aromatic rings. The van der Waals surface area contributed by atoms with Gasteiger partial charge < -0.3 is 10.1 Å². The van der Waals surface area contributed by atoms with E-state index in [1.807, 2.05) is 48.5 Å². The van der Waals surface area contributed by atoms with Crippen LogP contribution in [0.3, 0.4) is 0 Å². The summed E-state index contributed by atoms with van der Waals surface area (Å²) in [4.78, 5) is 29.7. The Morgan fingerprint density at radius 3 is 2.66 bits per heavy atom. The second kappa shape index (κ2) is 8.47. The molecule has 2 aromatic carbocycles. The second-order valence-electron chi connectivity index (χ2n) is 7.38. The van der Waals surface area contributed by atoms with Gasteiger partial charge in [-0.15, -0.1) is 0 Å². The van der Waals surface area contributed by atoms with Crippen LogP contribution >= 0.6 is 0 Å². The van der Waals surface area contributed by atoms with Gasteiger partial charge in [0.05, 0.1) is 23.7 Å². The molecule has 0 radical (unpaired) electrons. The first-order valence-electron chi connectivity index (χ1n) is 10.1. The molecule has 0 bridgehead atoms. The molecule has 1 aromatic heterocycles. The van der Waals surface area contributed by atoms with Gasteiger partial charge in [0.25, 0.3) is 5.56 Å². The number of esters is 1. The van der Waals surface area contributed by atoms with E-state index in [9.17, 15) is 9.59 Å². The summed E-state index contributed by atoms with van der Waals surface area (Å²) in [6.07, 6.45) is 4.10. The third-order valence-electron chi connectivity index (χ3n) is 5.23. The summed E-state index contributed by atoms with van der Waals surface area (Å²) in [5.41, 5.74) is 2.32. The molecule has 1 fully saturated rings. The number of ether oxygens (including phenoxy) is 1. The number of rotatable bonds is 8. The average molecular weight is 391 g/mol. The van der Waals surface area contributed by atoms with Gasteiger partial charge in [0.2, 0.25) is 0 Å². The lowest BCUT2D eigenvalue weighted by Crippen LogP contribution is -2.24. The van der Waals surface area contributed by atoms with Crippen LogP contribution < -0.4 is 10.9 Å². The summed E-state index contributed by atoms with van der Waals surface area (Å²) >= 11 is 0. The highest BCUT2D eigenvalue weighted by Crippen LogP contribution is 2.40. The van der Waals surface area contributed by atoms with Crippen LogP contribution in [0.5, 0.6) is 0 Å². The van der Waals surface area contributed by atoms with Crippen LogP contribution in [0.15, 0.2) is 53.3 Å². The van der Waals surface area contributed by atoms with Crippen LogP contribution in [-0.2, 0) is 9.53 Å². The van der Waals surface area contributed by atoms with Crippen molar-refractivity contribution in [2.75, 3.05) is 19.0 Å². The number of methoxy groups -OCH3 is 1. The molecule has 0 unspecified atom stereocenters. The number of hydrogen-bond acceptors (Lipinski definition) is 5. The third-order valence-corrected chi connectivity index (χ3v) is 5.23. The van der Waals surface area contributed by atoms with Gasteiger partial charge in [-0.25, -0.2) is 4.98 Å². The van der Waals surface area contributed by atoms with E-state index < -0.39 is 0 Å². The zero-order valence-corrected chi connectivity index (χ0v) is 16.6. The normalized spacial score (nSPS) is 13.4. The van der Waals surface area contributed by atoms with Gasteiger partial charge in [0.15, 0.2) is 0 Å². The number of para-hydroxylation sites is 1. The van der Waals surface area contributed by atoms with E-state index in [2.05, 4.69) is 10.1 Å². The standard InChI is InChI=1S/C23H25N3O3/c1-29-20(27)12-5-6-15-24-18-10-7-11-19-21(18)23(28)26(17-8-3-2-4-9-17)22(25-19)16-13-14-16/h2-4,7-11,16,24H,5-6,12-15H2,1H3. The topological polar surface area (TPSA) is 73.2 Å². The molecule has 0 aliphatic heterocycles. The van der Waals surface area contributed by atoms with Crippen molar-refractivity contribution < 1.29 is 9.53 Å². The van der Waals surface area contributed by atoms with Crippen molar-refractivity contribution in [2.45, 2.75) is 38.0 Å². The fourth-order valence-corrected chi connectivity index (χ4v) is 3.56. The number of unbranched alkanes of at least 4 members (excludes halogenated alkanes) is 1. The first-order valence-corrected chi connectivity index (χ1v) is 10.1. The Hall–Kier alpha value is -3.15. The fraction of sp³-hybridized carbons (Fsp3) is 0.348. The minimum atomic E-state index is -0.197. The van der Waals surface area contributed by atoms with E-state index >= 15 is 0 Å². The maximum absolute atomic E-state index is 13.5. The van der Waals surface area contributed by atoms with Crippen molar-refractivity contribution in [1.29, 1.82) is 0 Å². The number of carbonyl (C=O) groups excluding carboxylic acids is 1. The Bertz CT molecular complexity index is 1070. The van der Waals surface area contributed by atoms with Crippen molar-refractivity contribution in [3.63, 3.8) is 0 Å². The number of aromatic nitrogens is 2. The highest BCUT2D eigenvalue weighted by atomic mass is 16.5. The molecule has 6 nitrogen and oxygen atoms in total. The SMILES string of the molecule is COC(=O)CCCCNc1cccc2nc(C3CC3)n(-c3ccccc3)c(=O)c12. The van der Waals surface area contributed by atoms with E-state index in [1.54, 1.807) is 4.57 Å². The molecule has 0 spiro atoms. The third kappa shape index (κ3) is 4.16. The predicted molar refractivity (Wildman–Crippen MR) is 114 cm³/mol. The van der Waals surface area contributed by atoms with E-state index in [0.717, 1.165) is 48.4 Å². The van der Waals surface area contributed by atoms with Gasteiger partial charge in [-0.05, 0) is 49.9 Å². The molecular weight excluding hydrogens is 366 g/mol. The molecule has 0 amide bonds. The Morgan fingerprint density at radius 2 is 1.93 bits per heavy atom. The first kappa shape index (κ1) is 19.2. The maximum atomic E-state index is 13.5. The highest BCUT2D eigenvalue weighted by molar-refractivity contribution is 5.91. The molecule has 1 aliphatic rings. The van der Waals surface area contributed by atoms with Crippen LogP contribution in [0.1, 0.15) is 43.8 Å². The lowest BCUT2D eigenvalue weighted by Gasteiger charge is -2.15. The minimum absolute atomic E-state index is 0.0410. The first-order chi connectivity index (χ1) is 14.2. The van der Waals surface area contributed by atoms with Crippen molar-refractivity contribution in [3.05, 3.63) is 64.7 Å². The smallest absolute Gasteiger partial charge is 0.305 e. The molecule has 1 saturated carbocycles. The second-order valence-corrected chi connectivity index (χ2v) is 7.38. The molecule has 1 heterocycles. The number of carbonyl (C=O) groups is 1. The fourth-order valence-electron chi connectivity index (χ4n) is 3.56. The van der Waals surface area contributed by atoms with Crippen molar-refractivity contribution in [1.82, 2.24) is 9.55 Å². The average Bonchev–Trinajstić information content (AvgIpc) is 3.59. The van der Waals surface area contributed by atoms with E-state index in [-0.39, 0.29) is 11.5 Å². The highest BCUT2D eigenvalue weighted by Gasteiger charge is 2.30. The van der Waals surface area contributed by atoms with Gasteiger partial charge >= 0.3 is 5.97 Å². The molecule has 1 aliphatic carbocycles. The lowest BCUT2D eigenvalue weighted by atomic mass is 10.1. The Kier molecular flexibility index (Phi) is 5.60. The molecule has 0 saturated heterocycles. The predicted octanol–water partition coefficient (Wildman–Crippen LogP) is 4.02. The van der Waals surface area contributed by atoms with Gasteiger partial charge in [0, 0.05) is 24.6 Å². The molecule has 1 N–H and O–H groups in total. The van der Waals surface area contributed by atoms with Gasteiger partial charge in [0.1, 0.15) is 5.82 Å². The number of fused-ring (bicyclic) bond motifs is 1. The molecular formula is C23H25N3O3. The Labute approximate surface area is 169 Å².